The van der Waals surface area contributed by atoms with Crippen molar-refractivity contribution < 1.29 is 19.1 Å². The molecule has 0 aliphatic heterocycles. The van der Waals surface area contributed by atoms with Crippen LogP contribution in [0.3, 0.4) is 0 Å². The molecule has 4 aromatic rings. The minimum absolute atomic E-state index is 0.0457. The van der Waals surface area contributed by atoms with Crippen LogP contribution in [-0.4, -0.2) is 36.3 Å². The third-order valence-corrected chi connectivity index (χ3v) is 6.15. The summed E-state index contributed by atoms with van der Waals surface area (Å²) in [6.45, 7) is -0.250. The van der Waals surface area contributed by atoms with Crippen molar-refractivity contribution in [3.63, 3.8) is 0 Å². The van der Waals surface area contributed by atoms with E-state index in [9.17, 15) is 9.59 Å². The van der Waals surface area contributed by atoms with Gasteiger partial charge in [-0.3, -0.25) is 9.59 Å². The molecular weight excluding hydrogens is 501 g/mol. The summed E-state index contributed by atoms with van der Waals surface area (Å²) < 4.78 is 10.5. The summed E-state index contributed by atoms with van der Waals surface area (Å²) in [5.41, 5.74) is 4.07. The van der Waals surface area contributed by atoms with Gasteiger partial charge in [0, 0.05) is 22.3 Å². The van der Waals surface area contributed by atoms with Crippen LogP contribution in [0, 0.1) is 11.3 Å². The molecule has 2 aromatic heterocycles. The zero-order valence-corrected chi connectivity index (χ0v) is 20.4. The number of hydrogen-bond donors (Lipinski definition) is 0. The van der Waals surface area contributed by atoms with Gasteiger partial charge >= 0.3 is 0 Å². The molecule has 0 unspecified atom stereocenters. The average molecular weight is 518 g/mol. The van der Waals surface area contributed by atoms with Crippen molar-refractivity contribution in [3.8, 4) is 51.5 Å². The third-order valence-electron chi connectivity index (χ3n) is 5.34. The number of rotatable bonds is 8. The van der Waals surface area contributed by atoms with Crippen LogP contribution < -0.4 is 9.47 Å². The molecule has 9 heteroatoms. The molecule has 0 atom stereocenters. The number of nitriles is 1. The lowest BCUT2D eigenvalue weighted by molar-refractivity contribution is 0.111. The highest BCUT2D eigenvalue weighted by Gasteiger charge is 2.18. The highest BCUT2D eigenvalue weighted by Crippen LogP contribution is 2.42. The van der Waals surface area contributed by atoms with Gasteiger partial charge in [0.1, 0.15) is 6.07 Å². The van der Waals surface area contributed by atoms with Crippen LogP contribution in [-0.2, 0) is 0 Å². The van der Waals surface area contributed by atoms with E-state index in [1.54, 1.807) is 30.3 Å². The second-order valence-corrected chi connectivity index (χ2v) is 8.16. The van der Waals surface area contributed by atoms with Gasteiger partial charge in [0.05, 0.1) is 39.7 Å². The lowest BCUT2D eigenvalue weighted by atomic mass is 9.98. The number of nitrogens with zero attached hydrogens (tertiary/aromatic N) is 3. The van der Waals surface area contributed by atoms with Crippen LogP contribution in [0.25, 0.3) is 33.6 Å². The molecule has 2 aromatic carbocycles. The molecule has 0 amide bonds. The SMILES string of the molecule is COc1nc(-c2cccc(-c3cccc(-c4ccc(C=O)c(OCC#N)n4)c3Cl)c2Cl)ccc1C=O. The lowest BCUT2D eigenvalue weighted by Gasteiger charge is -2.14. The van der Waals surface area contributed by atoms with E-state index in [1.165, 1.54) is 7.11 Å². The summed E-state index contributed by atoms with van der Waals surface area (Å²) in [4.78, 5) is 31.4. The Balaban J connectivity index is 1.81. The fourth-order valence-electron chi connectivity index (χ4n) is 3.64. The largest absolute Gasteiger partial charge is 0.480 e. The Morgan fingerprint density at radius 3 is 1.72 bits per heavy atom. The zero-order chi connectivity index (χ0) is 25.7. The second kappa shape index (κ2) is 11.0. The fraction of sp³-hybridized carbons (Fsp3) is 0.0741. The maximum absolute atomic E-state index is 11.3. The summed E-state index contributed by atoms with van der Waals surface area (Å²) in [6.07, 6.45) is 1.28. The molecule has 0 N–H and O–H groups in total. The van der Waals surface area contributed by atoms with Crippen molar-refractivity contribution in [3.05, 3.63) is 81.8 Å². The van der Waals surface area contributed by atoms with Gasteiger partial charge < -0.3 is 9.47 Å². The van der Waals surface area contributed by atoms with Gasteiger partial charge in [-0.1, -0.05) is 59.6 Å². The quantitative estimate of drug-likeness (QED) is 0.252. The number of benzene rings is 2. The summed E-state index contributed by atoms with van der Waals surface area (Å²) in [5, 5.41) is 9.61. The number of carbonyl (C=O) groups excluding carboxylic acids is 2. The number of carbonyl (C=O) groups is 2. The number of ether oxygens (including phenoxy) is 2. The maximum Gasteiger partial charge on any atom is 0.225 e. The molecule has 2 heterocycles. The van der Waals surface area contributed by atoms with Gasteiger partial charge in [-0.25, -0.2) is 9.97 Å². The molecule has 0 spiro atoms. The van der Waals surface area contributed by atoms with E-state index in [4.69, 9.17) is 37.9 Å². The van der Waals surface area contributed by atoms with Gasteiger partial charge in [0.25, 0.3) is 0 Å². The van der Waals surface area contributed by atoms with Crippen LogP contribution in [0.1, 0.15) is 20.7 Å². The maximum atomic E-state index is 11.3. The molecule has 0 saturated heterocycles. The molecule has 4 rings (SSSR count). The minimum atomic E-state index is -0.250. The monoisotopic (exact) mass is 517 g/mol. The van der Waals surface area contributed by atoms with Gasteiger partial charge in [-0.05, 0) is 24.3 Å². The van der Waals surface area contributed by atoms with Crippen molar-refractivity contribution >= 4 is 35.8 Å². The fourth-order valence-corrected chi connectivity index (χ4v) is 4.29. The lowest BCUT2D eigenvalue weighted by Crippen LogP contribution is -2.01. The van der Waals surface area contributed by atoms with Gasteiger partial charge in [0.15, 0.2) is 19.2 Å². The molecule has 0 bridgehead atoms. The van der Waals surface area contributed by atoms with E-state index >= 15 is 0 Å². The smallest absolute Gasteiger partial charge is 0.225 e. The average Bonchev–Trinajstić information content (AvgIpc) is 2.91. The van der Waals surface area contributed by atoms with Crippen LogP contribution in [0.15, 0.2) is 60.7 Å². The molecule has 0 fully saturated rings. The first-order valence-corrected chi connectivity index (χ1v) is 11.3. The number of halogens is 2. The summed E-state index contributed by atoms with van der Waals surface area (Å²) in [6, 6.07) is 19.3. The molecule has 0 radical (unpaired) electrons. The van der Waals surface area contributed by atoms with E-state index in [0.29, 0.717) is 61.8 Å². The predicted octanol–water partition coefficient (Wildman–Crippen LogP) is 6.32. The zero-order valence-electron chi connectivity index (χ0n) is 18.9. The van der Waals surface area contributed by atoms with Crippen LogP contribution in [0.5, 0.6) is 11.8 Å². The Hall–Kier alpha value is -4.25. The first-order chi connectivity index (χ1) is 17.5. The summed E-state index contributed by atoms with van der Waals surface area (Å²) >= 11 is 13.7. The Kier molecular flexibility index (Phi) is 7.59. The van der Waals surface area contributed by atoms with Crippen molar-refractivity contribution in [1.29, 1.82) is 5.26 Å². The van der Waals surface area contributed by atoms with Crippen molar-refractivity contribution in [2.45, 2.75) is 0 Å². The van der Waals surface area contributed by atoms with E-state index < -0.39 is 0 Å². The number of pyridine rings is 2. The molecule has 0 saturated carbocycles. The van der Waals surface area contributed by atoms with E-state index in [1.807, 2.05) is 36.4 Å². The minimum Gasteiger partial charge on any atom is -0.480 e. The van der Waals surface area contributed by atoms with Gasteiger partial charge in [-0.15, -0.1) is 0 Å². The van der Waals surface area contributed by atoms with E-state index in [0.717, 1.165) is 0 Å². The standard InChI is InChI=1S/C27H17Cl2N3O4/c1-35-26-16(14-33)8-10-22(31-26)20-6-2-4-18(24(20)28)19-5-3-7-21(25(19)29)23-11-9-17(15-34)27(32-23)36-13-12-30/h2-11,14-15H,13H2,1H3. The van der Waals surface area contributed by atoms with Crippen LogP contribution >= 0.6 is 23.2 Å². The normalized spacial score (nSPS) is 10.4. The summed E-state index contributed by atoms with van der Waals surface area (Å²) in [5.74, 6) is 0.243. The molecule has 178 valence electrons. The first-order valence-electron chi connectivity index (χ1n) is 10.6. The van der Waals surface area contributed by atoms with Crippen molar-refractivity contribution in [1.82, 2.24) is 9.97 Å². The van der Waals surface area contributed by atoms with E-state index in [2.05, 4.69) is 9.97 Å². The van der Waals surface area contributed by atoms with Gasteiger partial charge in [-0.2, -0.15) is 5.26 Å². The molecule has 36 heavy (non-hydrogen) atoms. The number of hydrogen-bond acceptors (Lipinski definition) is 7. The van der Waals surface area contributed by atoms with Crippen LogP contribution in [0.4, 0.5) is 0 Å². The highest BCUT2D eigenvalue weighted by atomic mass is 35.5. The van der Waals surface area contributed by atoms with Crippen LogP contribution in [0.2, 0.25) is 10.0 Å². The topological polar surface area (TPSA) is 102 Å². The molecule has 0 aliphatic carbocycles. The van der Waals surface area contributed by atoms with Crippen molar-refractivity contribution in [2.75, 3.05) is 13.7 Å². The molecule has 0 aliphatic rings. The Morgan fingerprint density at radius 2 is 1.25 bits per heavy atom. The molecule has 7 nitrogen and oxygen atoms in total. The number of methoxy groups -OCH3 is 1. The predicted molar refractivity (Wildman–Crippen MR) is 137 cm³/mol. The van der Waals surface area contributed by atoms with Gasteiger partial charge in [0.2, 0.25) is 11.8 Å². The Bertz CT molecular complexity index is 1520. The number of aldehydes is 2. The second-order valence-electron chi connectivity index (χ2n) is 7.40. The Morgan fingerprint density at radius 1 is 0.778 bits per heavy atom. The highest BCUT2D eigenvalue weighted by molar-refractivity contribution is 6.39. The van der Waals surface area contributed by atoms with E-state index in [-0.39, 0.29) is 23.9 Å². The first kappa shape index (κ1) is 24.9. The summed E-state index contributed by atoms with van der Waals surface area (Å²) in [7, 11) is 1.44. The van der Waals surface area contributed by atoms with Crippen molar-refractivity contribution in [2.24, 2.45) is 0 Å². The molecular formula is C27H17Cl2N3O4. The Labute approximate surface area is 216 Å². The number of aromatic nitrogens is 2. The third kappa shape index (κ3) is 4.78.